The van der Waals surface area contributed by atoms with E-state index >= 15 is 0 Å². The van der Waals surface area contributed by atoms with Gasteiger partial charge in [-0.15, -0.1) is 0 Å². The Morgan fingerprint density at radius 3 is 2.65 bits per heavy atom. The van der Waals surface area contributed by atoms with Gasteiger partial charge >= 0.3 is 0 Å². The molecular formula is C16H17Si. The normalized spacial score (nSPS) is 13.7. The van der Waals surface area contributed by atoms with Crippen LogP contribution in [0.2, 0.25) is 0 Å². The van der Waals surface area contributed by atoms with Gasteiger partial charge in [-0.2, -0.15) is 0 Å². The molecule has 1 heterocycles. The minimum Gasteiger partial charge on any atom is -0.0627 e. The zero-order valence-corrected chi connectivity index (χ0v) is 11.5. The zero-order valence-electron chi connectivity index (χ0n) is 10.1. The van der Waals surface area contributed by atoms with Gasteiger partial charge in [-0.1, -0.05) is 66.2 Å². The summed E-state index contributed by atoms with van der Waals surface area (Å²) in [6.45, 7) is 3.95. The third-order valence-corrected chi connectivity index (χ3v) is 5.83. The average molecular weight is 237 g/mol. The second kappa shape index (κ2) is 4.50. The van der Waals surface area contributed by atoms with E-state index in [1.165, 1.54) is 24.0 Å². The van der Waals surface area contributed by atoms with Gasteiger partial charge in [0, 0.05) is 0 Å². The number of hydrogen-bond acceptors (Lipinski definition) is 0. The predicted octanol–water partition coefficient (Wildman–Crippen LogP) is 1.94. The zero-order chi connectivity index (χ0) is 11.7. The van der Waals surface area contributed by atoms with Gasteiger partial charge in [0.05, 0.1) is 9.52 Å². The lowest BCUT2D eigenvalue weighted by Gasteiger charge is -2.07. The summed E-state index contributed by atoms with van der Waals surface area (Å²) in [6.07, 6.45) is 3.45. The van der Waals surface area contributed by atoms with Crippen molar-refractivity contribution in [1.82, 2.24) is 0 Å². The number of rotatable bonds is 3. The van der Waals surface area contributed by atoms with Crippen LogP contribution in [0.15, 0.2) is 42.5 Å². The highest BCUT2D eigenvalue weighted by atomic mass is 28.2. The molecule has 0 spiro atoms. The van der Waals surface area contributed by atoms with Gasteiger partial charge < -0.3 is 0 Å². The van der Waals surface area contributed by atoms with E-state index in [0.717, 1.165) is 6.42 Å². The quantitative estimate of drug-likeness (QED) is 0.611. The lowest BCUT2D eigenvalue weighted by atomic mass is 10.0. The van der Waals surface area contributed by atoms with E-state index in [0.29, 0.717) is 0 Å². The molecule has 2 aromatic rings. The second-order valence-electron chi connectivity index (χ2n) is 4.73. The molecule has 0 bridgehead atoms. The summed E-state index contributed by atoms with van der Waals surface area (Å²) in [5, 5.41) is 3.30. The monoisotopic (exact) mass is 237 g/mol. The SMILES string of the molecule is [CH2]CCCc1cccc2c1[SiH2]c1ccccc1-2. The summed E-state index contributed by atoms with van der Waals surface area (Å²) < 4.78 is 0. The van der Waals surface area contributed by atoms with E-state index in [9.17, 15) is 0 Å². The molecule has 0 saturated heterocycles. The number of benzene rings is 2. The molecule has 0 unspecified atom stereocenters. The third-order valence-electron chi connectivity index (χ3n) is 3.64. The molecule has 1 aliphatic rings. The summed E-state index contributed by atoms with van der Waals surface area (Å²) in [7, 11) is -0.237. The first-order chi connectivity index (χ1) is 8.40. The van der Waals surface area contributed by atoms with Crippen LogP contribution in [-0.4, -0.2) is 9.52 Å². The lowest BCUT2D eigenvalue weighted by molar-refractivity contribution is 0.844. The van der Waals surface area contributed by atoms with Crippen LogP contribution in [0.4, 0.5) is 0 Å². The van der Waals surface area contributed by atoms with Gasteiger partial charge in [0.1, 0.15) is 0 Å². The summed E-state index contributed by atoms with van der Waals surface area (Å²) in [4.78, 5) is 0. The molecule has 0 aromatic heterocycles. The van der Waals surface area contributed by atoms with Crippen LogP contribution in [0.25, 0.3) is 11.1 Å². The maximum atomic E-state index is 3.95. The molecule has 85 valence electrons. The Balaban J connectivity index is 2.05. The minimum absolute atomic E-state index is 0.237. The lowest BCUT2D eigenvalue weighted by Crippen LogP contribution is -2.24. The van der Waals surface area contributed by atoms with Gasteiger partial charge in [0.15, 0.2) is 0 Å². The Bertz CT molecular complexity index is 543. The smallest absolute Gasteiger partial charge is 0.0627 e. The standard InChI is InChI=1S/C16H17Si/c1-2-3-7-12-8-6-10-14-13-9-4-5-11-15(13)17-16(12)14/h4-6,8-11H,1-3,7,17H2. The Labute approximate surface area is 106 Å². The highest BCUT2D eigenvalue weighted by Gasteiger charge is 2.19. The third kappa shape index (κ3) is 1.85. The molecule has 2 aromatic carbocycles. The fourth-order valence-corrected chi connectivity index (χ4v) is 4.93. The van der Waals surface area contributed by atoms with E-state index in [1.807, 2.05) is 0 Å². The minimum atomic E-state index is -0.237. The van der Waals surface area contributed by atoms with Gasteiger partial charge in [-0.25, -0.2) is 0 Å². The molecule has 1 radical (unpaired) electrons. The molecule has 0 saturated carbocycles. The molecule has 3 rings (SSSR count). The molecule has 0 nitrogen and oxygen atoms in total. The van der Waals surface area contributed by atoms with Crippen LogP contribution >= 0.6 is 0 Å². The van der Waals surface area contributed by atoms with Crippen molar-refractivity contribution in [2.75, 3.05) is 0 Å². The predicted molar refractivity (Wildman–Crippen MR) is 78.0 cm³/mol. The Hall–Kier alpha value is -1.34. The molecule has 0 aliphatic carbocycles. The van der Waals surface area contributed by atoms with Gasteiger partial charge in [-0.05, 0) is 29.5 Å². The van der Waals surface area contributed by atoms with Crippen molar-refractivity contribution in [2.24, 2.45) is 0 Å². The van der Waals surface area contributed by atoms with Crippen molar-refractivity contribution < 1.29 is 0 Å². The Morgan fingerprint density at radius 1 is 0.941 bits per heavy atom. The van der Waals surface area contributed by atoms with Gasteiger partial charge in [0.2, 0.25) is 0 Å². The molecule has 0 fully saturated rings. The summed E-state index contributed by atoms with van der Waals surface area (Å²) in [5.41, 5.74) is 4.58. The topological polar surface area (TPSA) is 0 Å². The summed E-state index contributed by atoms with van der Waals surface area (Å²) in [6, 6.07) is 15.7. The fourth-order valence-electron chi connectivity index (χ4n) is 2.77. The van der Waals surface area contributed by atoms with Crippen molar-refractivity contribution >= 4 is 19.9 Å². The maximum absolute atomic E-state index is 3.95. The van der Waals surface area contributed by atoms with Crippen molar-refractivity contribution in [1.29, 1.82) is 0 Å². The van der Waals surface area contributed by atoms with Crippen LogP contribution < -0.4 is 10.4 Å². The van der Waals surface area contributed by atoms with Crippen LogP contribution in [-0.2, 0) is 6.42 Å². The van der Waals surface area contributed by atoms with Crippen molar-refractivity contribution in [3.05, 3.63) is 55.0 Å². The van der Waals surface area contributed by atoms with E-state index < -0.39 is 0 Å². The molecule has 17 heavy (non-hydrogen) atoms. The summed E-state index contributed by atoms with van der Waals surface area (Å²) in [5.74, 6) is 0. The van der Waals surface area contributed by atoms with E-state index in [4.69, 9.17) is 0 Å². The number of hydrogen-bond donors (Lipinski definition) is 0. The largest absolute Gasteiger partial charge is 0.0894 e. The van der Waals surface area contributed by atoms with E-state index in [2.05, 4.69) is 49.4 Å². The first-order valence-corrected chi connectivity index (χ1v) is 7.80. The van der Waals surface area contributed by atoms with Crippen LogP contribution in [0.5, 0.6) is 0 Å². The molecule has 1 heteroatoms. The number of fused-ring (bicyclic) bond motifs is 3. The maximum Gasteiger partial charge on any atom is 0.0894 e. The van der Waals surface area contributed by atoms with Crippen LogP contribution in [0.3, 0.4) is 0 Å². The van der Waals surface area contributed by atoms with E-state index in [1.54, 1.807) is 15.9 Å². The molecular weight excluding hydrogens is 220 g/mol. The molecule has 0 N–H and O–H groups in total. The Morgan fingerprint density at radius 2 is 1.76 bits per heavy atom. The fraction of sp³-hybridized carbons (Fsp3) is 0.188. The highest BCUT2D eigenvalue weighted by molar-refractivity contribution is 6.73. The number of aryl methyl sites for hydroxylation is 1. The molecule has 0 amide bonds. The van der Waals surface area contributed by atoms with Crippen LogP contribution in [0, 0.1) is 6.92 Å². The van der Waals surface area contributed by atoms with Crippen molar-refractivity contribution in [2.45, 2.75) is 19.3 Å². The second-order valence-corrected chi connectivity index (χ2v) is 6.56. The highest BCUT2D eigenvalue weighted by Crippen LogP contribution is 2.21. The van der Waals surface area contributed by atoms with E-state index in [-0.39, 0.29) is 9.52 Å². The summed E-state index contributed by atoms with van der Waals surface area (Å²) >= 11 is 0. The molecule has 0 atom stereocenters. The number of unbranched alkanes of at least 4 members (excludes halogenated alkanes) is 1. The van der Waals surface area contributed by atoms with Crippen molar-refractivity contribution in [3.8, 4) is 11.1 Å². The molecule has 1 aliphatic heterocycles. The Kier molecular flexibility index (Phi) is 2.85. The first kappa shape index (κ1) is 10.8. The van der Waals surface area contributed by atoms with Crippen molar-refractivity contribution in [3.63, 3.8) is 0 Å². The van der Waals surface area contributed by atoms with Gasteiger partial charge in [-0.3, -0.25) is 0 Å². The van der Waals surface area contributed by atoms with Gasteiger partial charge in [0.25, 0.3) is 0 Å². The first-order valence-electron chi connectivity index (χ1n) is 6.38. The van der Waals surface area contributed by atoms with Crippen LogP contribution in [0.1, 0.15) is 18.4 Å². The average Bonchev–Trinajstić information content (AvgIpc) is 2.75.